The summed E-state index contributed by atoms with van der Waals surface area (Å²) in [4.78, 5) is 23.1. The summed E-state index contributed by atoms with van der Waals surface area (Å²) in [6, 6.07) is 5.25. The standard InChI is InChI=1S/C13H13FO3/c1-13(7-6-10(15)8-13)12(16)17-11-4-2-9(14)3-5-11/h2-5H,6-8H2,1H3. The number of rotatable bonds is 2. The molecule has 0 heterocycles. The minimum atomic E-state index is -0.731. The van der Waals surface area contributed by atoms with Crippen LogP contribution in [0.5, 0.6) is 5.75 Å². The highest BCUT2D eigenvalue weighted by molar-refractivity contribution is 5.91. The van der Waals surface area contributed by atoms with Crippen molar-refractivity contribution in [1.29, 1.82) is 0 Å². The number of halogens is 1. The van der Waals surface area contributed by atoms with Gasteiger partial charge in [-0.25, -0.2) is 4.39 Å². The Morgan fingerprint density at radius 2 is 2.00 bits per heavy atom. The van der Waals surface area contributed by atoms with Crippen molar-refractivity contribution in [2.24, 2.45) is 5.41 Å². The Hall–Kier alpha value is -1.71. The maximum Gasteiger partial charge on any atom is 0.317 e. The van der Waals surface area contributed by atoms with Gasteiger partial charge in [0.1, 0.15) is 17.3 Å². The van der Waals surface area contributed by atoms with E-state index in [1.54, 1.807) is 6.92 Å². The Morgan fingerprint density at radius 1 is 1.35 bits per heavy atom. The minimum absolute atomic E-state index is 0.0866. The van der Waals surface area contributed by atoms with Crippen molar-refractivity contribution in [2.45, 2.75) is 26.2 Å². The van der Waals surface area contributed by atoms with Gasteiger partial charge in [0.05, 0.1) is 5.41 Å². The van der Waals surface area contributed by atoms with Crippen LogP contribution in [0.2, 0.25) is 0 Å². The molecule has 90 valence electrons. The van der Waals surface area contributed by atoms with Crippen LogP contribution >= 0.6 is 0 Å². The molecule has 1 aromatic carbocycles. The molecular weight excluding hydrogens is 223 g/mol. The summed E-state index contributed by atoms with van der Waals surface area (Å²) in [6.07, 6.45) is 1.17. The lowest BCUT2D eigenvalue weighted by atomic mass is 9.89. The molecule has 1 unspecified atom stereocenters. The molecule has 0 spiro atoms. The number of Topliss-reactive ketones (excluding diaryl/α,β-unsaturated/α-hetero) is 1. The molecule has 0 N–H and O–H groups in total. The summed E-state index contributed by atoms with van der Waals surface area (Å²) in [5, 5.41) is 0. The first-order valence-electron chi connectivity index (χ1n) is 5.49. The maximum atomic E-state index is 12.7. The molecular formula is C13H13FO3. The fourth-order valence-electron chi connectivity index (χ4n) is 1.93. The monoisotopic (exact) mass is 236 g/mol. The third-order valence-corrected chi connectivity index (χ3v) is 3.06. The molecule has 0 bridgehead atoms. The summed E-state index contributed by atoms with van der Waals surface area (Å²) < 4.78 is 17.8. The molecule has 1 fully saturated rings. The van der Waals surface area contributed by atoms with Gasteiger partial charge < -0.3 is 4.74 Å². The second-order valence-electron chi connectivity index (χ2n) is 4.62. The average Bonchev–Trinajstić information content (AvgIpc) is 2.63. The van der Waals surface area contributed by atoms with Crippen molar-refractivity contribution in [3.63, 3.8) is 0 Å². The molecule has 0 radical (unpaired) electrons. The van der Waals surface area contributed by atoms with Crippen molar-refractivity contribution in [3.8, 4) is 5.75 Å². The van der Waals surface area contributed by atoms with E-state index in [0.717, 1.165) is 0 Å². The highest BCUT2D eigenvalue weighted by Crippen LogP contribution is 2.36. The van der Waals surface area contributed by atoms with E-state index in [0.29, 0.717) is 18.6 Å². The van der Waals surface area contributed by atoms with Crippen LogP contribution in [0, 0.1) is 11.2 Å². The van der Waals surface area contributed by atoms with Gasteiger partial charge >= 0.3 is 5.97 Å². The molecule has 1 saturated carbocycles. The summed E-state index contributed by atoms with van der Waals surface area (Å²) in [5.74, 6) is -0.414. The van der Waals surface area contributed by atoms with Crippen LogP contribution in [0.1, 0.15) is 26.2 Å². The molecule has 4 heteroatoms. The predicted molar refractivity (Wildman–Crippen MR) is 59.0 cm³/mol. The van der Waals surface area contributed by atoms with Crippen LogP contribution in [-0.4, -0.2) is 11.8 Å². The molecule has 1 aromatic rings. The van der Waals surface area contributed by atoms with Crippen molar-refractivity contribution in [2.75, 3.05) is 0 Å². The van der Waals surface area contributed by atoms with Crippen molar-refractivity contribution in [3.05, 3.63) is 30.1 Å². The summed E-state index contributed by atoms with van der Waals surface area (Å²) >= 11 is 0. The lowest BCUT2D eigenvalue weighted by molar-refractivity contribution is -0.145. The zero-order chi connectivity index (χ0) is 12.5. The lowest BCUT2D eigenvalue weighted by Gasteiger charge is -2.19. The largest absolute Gasteiger partial charge is 0.426 e. The van der Waals surface area contributed by atoms with Gasteiger partial charge in [-0.15, -0.1) is 0 Å². The normalized spacial score (nSPS) is 23.8. The SMILES string of the molecule is CC1(C(=O)Oc2ccc(F)cc2)CCC(=O)C1. The van der Waals surface area contributed by atoms with Gasteiger partial charge in [0, 0.05) is 12.8 Å². The Morgan fingerprint density at radius 3 is 2.53 bits per heavy atom. The Labute approximate surface area is 98.6 Å². The smallest absolute Gasteiger partial charge is 0.317 e. The molecule has 0 saturated heterocycles. The van der Waals surface area contributed by atoms with Gasteiger partial charge in [0.2, 0.25) is 0 Å². The number of carbonyl (C=O) groups excluding carboxylic acids is 2. The van der Waals surface area contributed by atoms with Gasteiger partial charge in [-0.2, -0.15) is 0 Å². The van der Waals surface area contributed by atoms with E-state index >= 15 is 0 Å². The highest BCUT2D eigenvalue weighted by Gasteiger charge is 2.42. The number of hydrogen-bond donors (Lipinski definition) is 0. The van der Waals surface area contributed by atoms with Gasteiger partial charge in [-0.1, -0.05) is 0 Å². The molecule has 17 heavy (non-hydrogen) atoms. The predicted octanol–water partition coefficient (Wildman–Crippen LogP) is 2.49. The number of hydrogen-bond acceptors (Lipinski definition) is 3. The zero-order valence-corrected chi connectivity index (χ0v) is 9.53. The molecule has 0 aromatic heterocycles. The summed E-state index contributed by atoms with van der Waals surface area (Å²) in [5.41, 5.74) is -0.731. The molecule has 0 amide bonds. The van der Waals surface area contributed by atoms with Gasteiger partial charge in [0.25, 0.3) is 0 Å². The van der Waals surface area contributed by atoms with Crippen molar-refractivity contribution >= 4 is 11.8 Å². The van der Waals surface area contributed by atoms with Crippen LogP contribution in [0.4, 0.5) is 4.39 Å². The molecule has 2 rings (SSSR count). The second kappa shape index (κ2) is 4.28. The zero-order valence-electron chi connectivity index (χ0n) is 9.53. The lowest BCUT2D eigenvalue weighted by Crippen LogP contribution is -2.29. The molecule has 1 aliphatic rings. The molecule has 1 aliphatic carbocycles. The van der Waals surface area contributed by atoms with Crippen molar-refractivity contribution in [1.82, 2.24) is 0 Å². The molecule has 3 nitrogen and oxygen atoms in total. The minimum Gasteiger partial charge on any atom is -0.426 e. The van der Waals surface area contributed by atoms with Crippen LogP contribution < -0.4 is 4.74 Å². The van der Waals surface area contributed by atoms with E-state index < -0.39 is 11.4 Å². The van der Waals surface area contributed by atoms with E-state index in [1.165, 1.54) is 24.3 Å². The molecule has 1 atom stereocenters. The number of carbonyl (C=O) groups is 2. The van der Waals surface area contributed by atoms with E-state index in [1.807, 2.05) is 0 Å². The van der Waals surface area contributed by atoms with E-state index in [9.17, 15) is 14.0 Å². The van der Waals surface area contributed by atoms with E-state index in [-0.39, 0.29) is 18.0 Å². The van der Waals surface area contributed by atoms with Gasteiger partial charge in [-0.05, 0) is 37.6 Å². The molecule has 0 aliphatic heterocycles. The Balaban J connectivity index is 2.06. The number of ether oxygens (including phenoxy) is 1. The quantitative estimate of drug-likeness (QED) is 0.585. The number of esters is 1. The highest BCUT2D eigenvalue weighted by atomic mass is 19.1. The Bertz CT molecular complexity index is 452. The maximum absolute atomic E-state index is 12.7. The average molecular weight is 236 g/mol. The second-order valence-corrected chi connectivity index (χ2v) is 4.62. The fourth-order valence-corrected chi connectivity index (χ4v) is 1.93. The van der Waals surface area contributed by atoms with Crippen LogP contribution in [0.15, 0.2) is 24.3 Å². The van der Waals surface area contributed by atoms with Crippen LogP contribution in [0.3, 0.4) is 0 Å². The van der Waals surface area contributed by atoms with Crippen LogP contribution in [-0.2, 0) is 9.59 Å². The summed E-state index contributed by atoms with van der Waals surface area (Å²) in [7, 11) is 0. The third-order valence-electron chi connectivity index (χ3n) is 3.06. The van der Waals surface area contributed by atoms with Gasteiger partial charge in [-0.3, -0.25) is 9.59 Å². The first kappa shape index (κ1) is 11.8. The fraction of sp³-hybridized carbons (Fsp3) is 0.385. The first-order valence-corrected chi connectivity index (χ1v) is 5.49. The number of ketones is 1. The van der Waals surface area contributed by atoms with E-state index in [2.05, 4.69) is 0 Å². The number of benzene rings is 1. The van der Waals surface area contributed by atoms with Gasteiger partial charge in [0.15, 0.2) is 0 Å². The first-order chi connectivity index (χ1) is 7.99. The summed E-state index contributed by atoms with van der Waals surface area (Å²) in [6.45, 7) is 1.73. The van der Waals surface area contributed by atoms with Crippen molar-refractivity contribution < 1.29 is 18.7 Å². The topological polar surface area (TPSA) is 43.4 Å². The van der Waals surface area contributed by atoms with Crippen LogP contribution in [0.25, 0.3) is 0 Å². The Kier molecular flexibility index (Phi) is 2.96. The third kappa shape index (κ3) is 2.52. The van der Waals surface area contributed by atoms with E-state index in [4.69, 9.17) is 4.74 Å².